The van der Waals surface area contributed by atoms with Gasteiger partial charge in [-0.3, -0.25) is 4.90 Å². The average molecular weight is 255 g/mol. The lowest BCUT2D eigenvalue weighted by Crippen LogP contribution is -2.34. The summed E-state index contributed by atoms with van der Waals surface area (Å²) in [6.45, 7) is 3.17. The Labute approximate surface area is 107 Å². The van der Waals surface area contributed by atoms with Crippen molar-refractivity contribution in [3.05, 3.63) is 5.69 Å². The Kier molecular flexibility index (Phi) is 4.31. The molecule has 2 rings (SSSR count). The summed E-state index contributed by atoms with van der Waals surface area (Å²) in [4.78, 5) is 2.38. The van der Waals surface area contributed by atoms with Crippen molar-refractivity contribution < 1.29 is 0 Å². The minimum Gasteiger partial charge on any atom is -0.313 e. The van der Waals surface area contributed by atoms with Crippen LogP contribution < -0.4 is 11.3 Å². The molecule has 0 aliphatic heterocycles. The van der Waals surface area contributed by atoms with Gasteiger partial charge in [0.05, 0.1) is 0 Å². The van der Waals surface area contributed by atoms with Gasteiger partial charge < -0.3 is 5.43 Å². The molecule has 1 heterocycles. The van der Waals surface area contributed by atoms with Crippen LogP contribution in [0, 0.1) is 5.92 Å². The van der Waals surface area contributed by atoms with Gasteiger partial charge in [0.25, 0.3) is 0 Å². The summed E-state index contributed by atoms with van der Waals surface area (Å²) >= 11 is 1.31. The van der Waals surface area contributed by atoms with Crippen molar-refractivity contribution >= 4 is 16.5 Å². The van der Waals surface area contributed by atoms with E-state index < -0.39 is 0 Å². The van der Waals surface area contributed by atoms with Crippen LogP contribution in [-0.2, 0) is 6.54 Å². The molecule has 17 heavy (non-hydrogen) atoms. The molecule has 1 aromatic heterocycles. The van der Waals surface area contributed by atoms with Crippen LogP contribution >= 0.6 is 11.5 Å². The maximum atomic E-state index is 5.43. The normalized spacial score (nSPS) is 25.2. The third-order valence-corrected chi connectivity index (χ3v) is 4.39. The fourth-order valence-corrected chi connectivity index (χ4v) is 2.95. The van der Waals surface area contributed by atoms with Crippen LogP contribution in [-0.4, -0.2) is 27.6 Å². The predicted octanol–water partition coefficient (Wildman–Crippen LogP) is 1.83. The maximum absolute atomic E-state index is 5.43. The van der Waals surface area contributed by atoms with Crippen LogP contribution in [0.5, 0.6) is 0 Å². The van der Waals surface area contributed by atoms with E-state index in [4.69, 9.17) is 5.84 Å². The molecule has 1 fully saturated rings. The standard InChI is InChI=1S/C11H21N5S/c1-8-3-5-9(6-4-8)16(2)7-10-11(13-12)17-15-14-10/h8-9,13H,3-7,12H2,1-2H3. The van der Waals surface area contributed by atoms with Gasteiger partial charge in [-0.2, -0.15) is 0 Å². The van der Waals surface area contributed by atoms with Crippen molar-refractivity contribution in [1.29, 1.82) is 0 Å². The highest BCUT2D eigenvalue weighted by Crippen LogP contribution is 2.28. The number of hydrogen-bond donors (Lipinski definition) is 2. The van der Waals surface area contributed by atoms with Gasteiger partial charge in [-0.1, -0.05) is 11.4 Å². The molecule has 96 valence electrons. The molecule has 0 radical (unpaired) electrons. The molecule has 1 aliphatic rings. The van der Waals surface area contributed by atoms with Crippen LogP contribution in [0.4, 0.5) is 5.00 Å². The van der Waals surface area contributed by atoms with Crippen molar-refractivity contribution in [2.45, 2.75) is 45.2 Å². The highest BCUT2D eigenvalue weighted by Gasteiger charge is 2.22. The Bertz CT molecular complexity index is 345. The topological polar surface area (TPSA) is 67.1 Å². The van der Waals surface area contributed by atoms with Gasteiger partial charge >= 0.3 is 0 Å². The molecule has 0 amide bonds. The van der Waals surface area contributed by atoms with E-state index in [9.17, 15) is 0 Å². The smallest absolute Gasteiger partial charge is 0.148 e. The molecule has 0 atom stereocenters. The minimum atomic E-state index is 0.679. The Morgan fingerprint density at radius 3 is 2.76 bits per heavy atom. The molecule has 6 heteroatoms. The fourth-order valence-electron chi connectivity index (χ4n) is 2.47. The fraction of sp³-hybridized carbons (Fsp3) is 0.818. The average Bonchev–Trinajstić information content (AvgIpc) is 2.77. The molecule has 1 saturated carbocycles. The van der Waals surface area contributed by atoms with Gasteiger partial charge in [-0.05, 0) is 38.6 Å². The molecule has 1 aliphatic carbocycles. The van der Waals surface area contributed by atoms with Gasteiger partial charge in [-0.25, -0.2) is 5.84 Å². The van der Waals surface area contributed by atoms with Crippen molar-refractivity contribution in [3.63, 3.8) is 0 Å². The molecular weight excluding hydrogens is 234 g/mol. The Morgan fingerprint density at radius 2 is 2.12 bits per heavy atom. The first-order chi connectivity index (χ1) is 8.20. The van der Waals surface area contributed by atoms with E-state index in [0.29, 0.717) is 6.04 Å². The molecule has 5 nitrogen and oxygen atoms in total. The lowest BCUT2D eigenvalue weighted by atomic mass is 9.87. The molecule has 0 saturated heterocycles. The van der Waals surface area contributed by atoms with Gasteiger partial charge in [0.2, 0.25) is 0 Å². The number of nitrogens with one attached hydrogen (secondary N) is 1. The number of hydrazine groups is 1. The second kappa shape index (κ2) is 5.75. The van der Waals surface area contributed by atoms with Gasteiger partial charge in [0.15, 0.2) is 0 Å². The van der Waals surface area contributed by atoms with Crippen LogP contribution in [0.25, 0.3) is 0 Å². The first kappa shape index (κ1) is 12.7. The van der Waals surface area contributed by atoms with Gasteiger partial charge in [-0.15, -0.1) is 5.10 Å². The first-order valence-corrected chi connectivity index (χ1v) is 6.96. The predicted molar refractivity (Wildman–Crippen MR) is 70.6 cm³/mol. The quantitative estimate of drug-likeness (QED) is 0.634. The van der Waals surface area contributed by atoms with Crippen molar-refractivity contribution in [2.75, 3.05) is 12.5 Å². The minimum absolute atomic E-state index is 0.679. The second-order valence-corrected chi connectivity index (χ2v) is 5.78. The summed E-state index contributed by atoms with van der Waals surface area (Å²) in [5.74, 6) is 6.32. The van der Waals surface area contributed by atoms with Crippen LogP contribution in [0.1, 0.15) is 38.3 Å². The summed E-state index contributed by atoms with van der Waals surface area (Å²) < 4.78 is 3.93. The Hall–Kier alpha value is -0.720. The van der Waals surface area contributed by atoms with E-state index in [-0.39, 0.29) is 0 Å². The summed E-state index contributed by atoms with van der Waals surface area (Å²) in [6, 6.07) is 0.679. The largest absolute Gasteiger partial charge is 0.313 e. The molecule has 1 aromatic rings. The van der Waals surface area contributed by atoms with Crippen molar-refractivity contribution in [1.82, 2.24) is 14.5 Å². The zero-order valence-corrected chi connectivity index (χ0v) is 11.3. The van der Waals surface area contributed by atoms with Crippen molar-refractivity contribution in [2.24, 2.45) is 11.8 Å². The summed E-state index contributed by atoms with van der Waals surface area (Å²) in [5.41, 5.74) is 3.61. The lowest BCUT2D eigenvalue weighted by Gasteiger charge is -2.33. The second-order valence-electron chi connectivity index (χ2n) is 5.02. The molecule has 3 N–H and O–H groups in total. The van der Waals surface area contributed by atoms with E-state index >= 15 is 0 Å². The first-order valence-electron chi connectivity index (χ1n) is 6.18. The number of nitrogens with zero attached hydrogens (tertiary/aromatic N) is 3. The number of rotatable bonds is 4. The third-order valence-electron chi connectivity index (χ3n) is 3.69. The van der Waals surface area contributed by atoms with Gasteiger partial charge in [0, 0.05) is 24.1 Å². The highest BCUT2D eigenvalue weighted by molar-refractivity contribution is 7.10. The van der Waals surface area contributed by atoms with E-state index in [1.54, 1.807) is 0 Å². The van der Waals surface area contributed by atoms with Crippen molar-refractivity contribution in [3.8, 4) is 0 Å². The molecular formula is C11H21N5S. The van der Waals surface area contributed by atoms with Crippen LogP contribution in [0.2, 0.25) is 0 Å². The number of anilines is 1. The zero-order chi connectivity index (χ0) is 12.3. The Balaban J connectivity index is 1.90. The van der Waals surface area contributed by atoms with E-state index in [2.05, 4.69) is 33.9 Å². The summed E-state index contributed by atoms with van der Waals surface area (Å²) in [6.07, 6.45) is 5.26. The number of nitrogen functional groups attached to an aromatic ring is 1. The molecule has 0 bridgehead atoms. The highest BCUT2D eigenvalue weighted by atomic mass is 32.1. The third kappa shape index (κ3) is 3.14. The van der Waals surface area contributed by atoms with E-state index in [1.165, 1.54) is 37.2 Å². The van der Waals surface area contributed by atoms with E-state index in [0.717, 1.165) is 23.2 Å². The molecule has 0 unspecified atom stereocenters. The monoisotopic (exact) mass is 255 g/mol. The SMILES string of the molecule is CC1CCC(N(C)Cc2nnsc2NN)CC1. The maximum Gasteiger partial charge on any atom is 0.148 e. The number of hydrogen-bond acceptors (Lipinski definition) is 6. The molecule has 0 spiro atoms. The lowest BCUT2D eigenvalue weighted by molar-refractivity contribution is 0.162. The number of aromatic nitrogens is 2. The Morgan fingerprint density at radius 1 is 1.41 bits per heavy atom. The summed E-state index contributed by atoms with van der Waals surface area (Å²) in [5, 5.41) is 5.00. The zero-order valence-electron chi connectivity index (χ0n) is 10.5. The van der Waals surface area contributed by atoms with Crippen LogP contribution in [0.3, 0.4) is 0 Å². The molecule has 0 aromatic carbocycles. The van der Waals surface area contributed by atoms with E-state index in [1.807, 2.05) is 0 Å². The van der Waals surface area contributed by atoms with Crippen LogP contribution in [0.15, 0.2) is 0 Å². The summed E-state index contributed by atoms with van der Waals surface area (Å²) in [7, 11) is 2.17. The number of nitrogens with two attached hydrogens (primary N) is 1. The van der Waals surface area contributed by atoms with Gasteiger partial charge in [0.1, 0.15) is 10.7 Å².